The zero-order valence-corrected chi connectivity index (χ0v) is 12.6. The molecule has 5 heteroatoms. The molecule has 21 heavy (non-hydrogen) atoms. The van der Waals surface area contributed by atoms with Crippen LogP contribution >= 0.6 is 0 Å². The van der Waals surface area contributed by atoms with Crippen molar-refractivity contribution in [2.45, 2.75) is 44.6 Å². The van der Waals surface area contributed by atoms with Gasteiger partial charge in [-0.15, -0.1) is 0 Å². The molecule has 0 unspecified atom stereocenters. The van der Waals surface area contributed by atoms with E-state index >= 15 is 0 Å². The first-order chi connectivity index (χ1) is 10.4. The van der Waals surface area contributed by atoms with E-state index in [1.807, 2.05) is 30.3 Å². The van der Waals surface area contributed by atoms with Crippen LogP contribution in [0, 0.1) is 0 Å². The van der Waals surface area contributed by atoms with Crippen LogP contribution in [0.2, 0.25) is 0 Å². The number of guanidine groups is 1. The average molecular weight is 290 g/mol. The number of para-hydroxylation sites is 1. The third-order valence-corrected chi connectivity index (χ3v) is 3.67. The molecule has 0 aliphatic heterocycles. The Morgan fingerprint density at radius 3 is 2.67 bits per heavy atom. The molecule has 5 nitrogen and oxygen atoms in total. The van der Waals surface area contributed by atoms with E-state index in [-0.39, 0.29) is 0 Å². The fourth-order valence-corrected chi connectivity index (χ4v) is 2.54. The zero-order chi connectivity index (χ0) is 14.8. The summed E-state index contributed by atoms with van der Waals surface area (Å²) in [7, 11) is 0. The van der Waals surface area contributed by atoms with Gasteiger partial charge in [0.25, 0.3) is 0 Å². The highest BCUT2D eigenvalue weighted by Gasteiger charge is 2.13. The number of ether oxygens (including phenoxy) is 1. The third kappa shape index (κ3) is 6.04. The van der Waals surface area contributed by atoms with E-state index in [0.29, 0.717) is 25.2 Å². The van der Waals surface area contributed by atoms with Crippen LogP contribution in [0.25, 0.3) is 0 Å². The maximum atomic E-state index is 5.63. The summed E-state index contributed by atoms with van der Waals surface area (Å²) in [4.78, 5) is 4.46. The molecule has 2 rings (SSSR count). The second-order valence-corrected chi connectivity index (χ2v) is 5.37. The molecule has 0 saturated heterocycles. The summed E-state index contributed by atoms with van der Waals surface area (Å²) in [5, 5.41) is 3.39. The van der Waals surface area contributed by atoms with Gasteiger partial charge in [-0.05, 0) is 25.0 Å². The van der Waals surface area contributed by atoms with Crippen molar-refractivity contribution < 1.29 is 4.74 Å². The van der Waals surface area contributed by atoms with Crippen molar-refractivity contribution in [2.24, 2.45) is 10.8 Å². The Hall–Kier alpha value is -1.75. The monoisotopic (exact) mass is 290 g/mol. The van der Waals surface area contributed by atoms with Gasteiger partial charge in [-0.3, -0.25) is 10.4 Å². The quantitative estimate of drug-likeness (QED) is 0.247. The highest BCUT2D eigenvalue weighted by atomic mass is 16.5. The number of nitrogens with one attached hydrogen (secondary N) is 2. The van der Waals surface area contributed by atoms with Crippen molar-refractivity contribution in [3.63, 3.8) is 0 Å². The molecule has 1 aromatic rings. The number of aliphatic imine (C=N–C) groups is 1. The Bertz CT molecular complexity index is 416. The minimum absolute atomic E-state index is 0.508. The third-order valence-electron chi connectivity index (χ3n) is 3.67. The Balaban J connectivity index is 1.64. The summed E-state index contributed by atoms with van der Waals surface area (Å²) in [6, 6.07) is 10.3. The van der Waals surface area contributed by atoms with Crippen molar-refractivity contribution in [3.8, 4) is 5.75 Å². The van der Waals surface area contributed by atoms with Gasteiger partial charge in [0.05, 0.1) is 6.61 Å². The molecular weight excluding hydrogens is 264 g/mol. The second-order valence-electron chi connectivity index (χ2n) is 5.37. The fourth-order valence-electron chi connectivity index (χ4n) is 2.54. The van der Waals surface area contributed by atoms with Crippen LogP contribution < -0.4 is 21.3 Å². The molecule has 0 radical (unpaired) electrons. The Labute approximate surface area is 126 Å². The lowest BCUT2D eigenvalue weighted by Crippen LogP contribution is -2.47. The van der Waals surface area contributed by atoms with E-state index in [1.54, 1.807) is 0 Å². The predicted octanol–water partition coefficient (Wildman–Crippen LogP) is 2.20. The van der Waals surface area contributed by atoms with Gasteiger partial charge in [0.15, 0.2) is 0 Å². The lowest BCUT2D eigenvalue weighted by Gasteiger charge is -2.24. The molecule has 0 amide bonds. The minimum atomic E-state index is 0.508. The number of nitrogens with two attached hydrogens (primary N) is 1. The maximum Gasteiger partial charge on any atom is 0.205 e. The first-order valence-corrected chi connectivity index (χ1v) is 7.84. The Morgan fingerprint density at radius 1 is 1.19 bits per heavy atom. The van der Waals surface area contributed by atoms with E-state index < -0.39 is 0 Å². The van der Waals surface area contributed by atoms with Gasteiger partial charge in [0.1, 0.15) is 5.75 Å². The molecule has 0 heterocycles. The Morgan fingerprint density at radius 2 is 1.95 bits per heavy atom. The number of hydrogen-bond donors (Lipinski definition) is 3. The zero-order valence-electron chi connectivity index (χ0n) is 12.6. The van der Waals surface area contributed by atoms with Crippen molar-refractivity contribution in [1.29, 1.82) is 0 Å². The van der Waals surface area contributed by atoms with Gasteiger partial charge in [-0.2, -0.15) is 0 Å². The minimum Gasteiger partial charge on any atom is -0.494 e. The molecule has 0 atom stereocenters. The molecule has 0 aromatic heterocycles. The highest BCUT2D eigenvalue weighted by molar-refractivity contribution is 5.79. The van der Waals surface area contributed by atoms with Gasteiger partial charge in [0, 0.05) is 19.0 Å². The summed E-state index contributed by atoms with van der Waals surface area (Å²) in [6.07, 6.45) is 7.21. The van der Waals surface area contributed by atoms with Crippen molar-refractivity contribution in [1.82, 2.24) is 10.7 Å². The van der Waals surface area contributed by atoms with Crippen molar-refractivity contribution >= 4 is 5.96 Å². The number of rotatable bonds is 6. The van der Waals surface area contributed by atoms with E-state index in [0.717, 1.165) is 12.2 Å². The van der Waals surface area contributed by atoms with Gasteiger partial charge >= 0.3 is 0 Å². The standard InChI is InChI=1S/C16H26N4O/c17-20-16(19-14-8-3-1-4-9-14)18-12-7-13-21-15-10-5-2-6-11-15/h2,5-6,10-11,14H,1,3-4,7-9,12-13,17H2,(H2,18,19,20). The molecule has 4 N–H and O–H groups in total. The summed E-state index contributed by atoms with van der Waals surface area (Å²) in [5.41, 5.74) is 2.66. The lowest BCUT2D eigenvalue weighted by molar-refractivity contribution is 0.313. The van der Waals surface area contributed by atoms with Gasteiger partial charge in [-0.1, -0.05) is 37.5 Å². The molecule has 0 spiro atoms. The van der Waals surface area contributed by atoms with Crippen LogP contribution in [0.1, 0.15) is 38.5 Å². The van der Waals surface area contributed by atoms with Crippen molar-refractivity contribution in [2.75, 3.05) is 13.2 Å². The first-order valence-electron chi connectivity index (χ1n) is 7.84. The molecule has 1 aliphatic rings. The van der Waals surface area contributed by atoms with Crippen molar-refractivity contribution in [3.05, 3.63) is 30.3 Å². The van der Waals surface area contributed by atoms with Gasteiger partial charge < -0.3 is 10.1 Å². The van der Waals surface area contributed by atoms with E-state index in [1.165, 1.54) is 32.1 Å². The summed E-state index contributed by atoms with van der Waals surface area (Å²) in [5.74, 6) is 7.12. The number of benzene rings is 1. The normalized spacial score (nSPS) is 16.5. The van der Waals surface area contributed by atoms with Crippen LogP contribution in [-0.2, 0) is 0 Å². The average Bonchev–Trinajstić information content (AvgIpc) is 2.55. The number of hydrazine groups is 1. The van der Waals surface area contributed by atoms with Crippen LogP contribution in [0.15, 0.2) is 35.3 Å². The number of hydrogen-bond acceptors (Lipinski definition) is 3. The summed E-state index contributed by atoms with van der Waals surface area (Å²) in [6.45, 7) is 1.36. The van der Waals surface area contributed by atoms with Crippen LogP contribution in [0.5, 0.6) is 5.75 Å². The largest absolute Gasteiger partial charge is 0.494 e. The van der Waals surface area contributed by atoms with E-state index in [2.05, 4.69) is 15.7 Å². The van der Waals surface area contributed by atoms with Gasteiger partial charge in [-0.25, -0.2) is 5.84 Å². The van der Waals surface area contributed by atoms with Crippen LogP contribution in [0.4, 0.5) is 0 Å². The molecule has 116 valence electrons. The molecule has 1 saturated carbocycles. The SMILES string of the molecule is NNC(=NCCCOc1ccccc1)NC1CCCCC1. The molecule has 1 aromatic carbocycles. The molecular formula is C16H26N4O. The fraction of sp³-hybridized carbons (Fsp3) is 0.562. The van der Waals surface area contributed by atoms with Crippen LogP contribution in [0.3, 0.4) is 0 Å². The van der Waals surface area contributed by atoms with Crippen LogP contribution in [-0.4, -0.2) is 25.2 Å². The Kier molecular flexibility index (Phi) is 6.88. The molecule has 0 bridgehead atoms. The lowest BCUT2D eigenvalue weighted by atomic mass is 9.96. The summed E-state index contributed by atoms with van der Waals surface area (Å²) < 4.78 is 5.63. The smallest absolute Gasteiger partial charge is 0.205 e. The number of nitrogens with zero attached hydrogens (tertiary/aromatic N) is 1. The molecule has 1 aliphatic carbocycles. The van der Waals surface area contributed by atoms with E-state index in [4.69, 9.17) is 10.6 Å². The topological polar surface area (TPSA) is 71.7 Å². The second kappa shape index (κ2) is 9.23. The van der Waals surface area contributed by atoms with E-state index in [9.17, 15) is 0 Å². The molecule has 1 fully saturated rings. The predicted molar refractivity (Wildman–Crippen MR) is 86.2 cm³/mol. The highest BCUT2D eigenvalue weighted by Crippen LogP contribution is 2.17. The van der Waals surface area contributed by atoms with Gasteiger partial charge in [0.2, 0.25) is 5.96 Å². The first kappa shape index (κ1) is 15.6. The summed E-state index contributed by atoms with van der Waals surface area (Å²) >= 11 is 0. The maximum absolute atomic E-state index is 5.63.